The van der Waals surface area contributed by atoms with Crippen molar-refractivity contribution in [2.75, 3.05) is 19.7 Å². The Kier molecular flexibility index (Phi) is 6.89. The molecule has 1 fully saturated rings. The number of piperidine rings is 1. The smallest absolute Gasteiger partial charge is 0.397 e. The van der Waals surface area contributed by atoms with Gasteiger partial charge in [-0.05, 0) is 56.2 Å². The minimum Gasteiger partial charge on any atom is -0.459 e. The molecular formula is C27H25N5O5. The molecule has 0 atom stereocenters. The fraction of sp³-hybridized carbons (Fsp3) is 0.259. The van der Waals surface area contributed by atoms with Crippen molar-refractivity contribution in [1.29, 1.82) is 0 Å². The van der Waals surface area contributed by atoms with E-state index in [9.17, 15) is 14.4 Å². The molecule has 10 nitrogen and oxygen atoms in total. The number of hydrogen-bond donors (Lipinski definition) is 1. The lowest BCUT2D eigenvalue weighted by atomic mass is 9.93. The van der Waals surface area contributed by atoms with Crippen molar-refractivity contribution in [2.45, 2.75) is 25.7 Å². The van der Waals surface area contributed by atoms with Gasteiger partial charge in [0.15, 0.2) is 5.82 Å². The summed E-state index contributed by atoms with van der Waals surface area (Å²) in [5.74, 6) is -0.485. The van der Waals surface area contributed by atoms with Crippen LogP contribution in [0.25, 0.3) is 11.0 Å². The van der Waals surface area contributed by atoms with E-state index in [0.717, 1.165) is 11.0 Å². The molecule has 10 heteroatoms. The Balaban J connectivity index is 1.25. The Morgan fingerprint density at radius 1 is 1.00 bits per heavy atom. The number of nitrogens with zero attached hydrogens (tertiary/aromatic N) is 4. The van der Waals surface area contributed by atoms with Crippen LogP contribution in [0.2, 0.25) is 0 Å². The first kappa shape index (κ1) is 24.1. The Hall–Kier alpha value is -4.60. The van der Waals surface area contributed by atoms with Gasteiger partial charge in [-0.25, -0.2) is 14.8 Å². The van der Waals surface area contributed by atoms with Crippen LogP contribution in [0.5, 0.6) is 11.6 Å². The molecule has 2 aromatic heterocycles. The van der Waals surface area contributed by atoms with E-state index in [1.165, 1.54) is 4.90 Å². The summed E-state index contributed by atoms with van der Waals surface area (Å²) in [6, 6.07) is 14.2. The van der Waals surface area contributed by atoms with Crippen LogP contribution in [0.4, 0.5) is 0 Å². The predicted molar refractivity (Wildman–Crippen MR) is 133 cm³/mol. The number of carbonyl (C=O) groups excluding carboxylic acids is 3. The number of imidazole rings is 1. The van der Waals surface area contributed by atoms with Crippen molar-refractivity contribution < 1.29 is 23.9 Å². The summed E-state index contributed by atoms with van der Waals surface area (Å²) in [4.78, 5) is 54.6. The minimum absolute atomic E-state index is 0.0175. The van der Waals surface area contributed by atoms with Crippen LogP contribution in [0.1, 0.15) is 47.6 Å². The first-order chi connectivity index (χ1) is 18.0. The number of ketones is 1. The Morgan fingerprint density at radius 3 is 2.46 bits per heavy atom. The molecule has 5 rings (SSSR count). The summed E-state index contributed by atoms with van der Waals surface area (Å²) in [5, 5.41) is 0. The molecule has 1 aliphatic heterocycles. The van der Waals surface area contributed by atoms with Crippen LogP contribution < -0.4 is 4.74 Å². The maximum atomic E-state index is 12.9. The lowest BCUT2D eigenvalue weighted by Crippen LogP contribution is -2.42. The zero-order chi connectivity index (χ0) is 25.8. The fourth-order valence-electron chi connectivity index (χ4n) is 4.36. The highest BCUT2D eigenvalue weighted by atomic mass is 16.5. The molecule has 0 spiro atoms. The first-order valence-electron chi connectivity index (χ1n) is 12.1. The number of para-hydroxylation sites is 2. The molecule has 0 unspecified atom stereocenters. The number of esters is 1. The number of aromatic nitrogens is 4. The highest BCUT2D eigenvalue weighted by Crippen LogP contribution is 2.33. The predicted octanol–water partition coefficient (Wildman–Crippen LogP) is 3.65. The van der Waals surface area contributed by atoms with Gasteiger partial charge in [0.1, 0.15) is 11.4 Å². The molecule has 1 saturated heterocycles. The van der Waals surface area contributed by atoms with E-state index < -0.39 is 11.9 Å². The van der Waals surface area contributed by atoms with Crippen LogP contribution in [0.3, 0.4) is 0 Å². The van der Waals surface area contributed by atoms with Crippen LogP contribution in [0, 0.1) is 0 Å². The summed E-state index contributed by atoms with van der Waals surface area (Å²) >= 11 is 0. The van der Waals surface area contributed by atoms with Crippen LogP contribution in [0.15, 0.2) is 60.9 Å². The van der Waals surface area contributed by atoms with E-state index in [0.29, 0.717) is 48.8 Å². The first-order valence-corrected chi connectivity index (χ1v) is 12.1. The SMILES string of the molecule is CCOC(=O)C(=O)N1CCC(c2nccnc2Oc2ccc(C(=O)c3nc4ccccc4[nH]3)cc2)CC1. The number of aromatic amines is 1. The minimum atomic E-state index is -0.827. The molecule has 0 bridgehead atoms. The van der Waals surface area contributed by atoms with Crippen molar-refractivity contribution in [3.8, 4) is 11.6 Å². The molecule has 1 N–H and O–H groups in total. The molecule has 188 valence electrons. The van der Waals surface area contributed by atoms with E-state index in [1.807, 2.05) is 24.3 Å². The highest BCUT2D eigenvalue weighted by Gasteiger charge is 2.30. The highest BCUT2D eigenvalue weighted by molar-refractivity contribution is 6.32. The number of nitrogens with one attached hydrogen (secondary N) is 1. The van der Waals surface area contributed by atoms with Crippen molar-refractivity contribution in [2.24, 2.45) is 0 Å². The second-order valence-electron chi connectivity index (χ2n) is 8.59. The van der Waals surface area contributed by atoms with E-state index in [4.69, 9.17) is 9.47 Å². The van der Waals surface area contributed by atoms with Gasteiger partial charge in [-0.3, -0.25) is 14.6 Å². The van der Waals surface area contributed by atoms with E-state index in [-0.39, 0.29) is 24.1 Å². The number of H-pyrrole nitrogens is 1. The molecule has 37 heavy (non-hydrogen) atoms. The summed E-state index contributed by atoms with van der Waals surface area (Å²) in [6.07, 6.45) is 4.39. The average Bonchev–Trinajstić information content (AvgIpc) is 3.38. The second kappa shape index (κ2) is 10.6. The fourth-order valence-corrected chi connectivity index (χ4v) is 4.36. The molecule has 0 aliphatic carbocycles. The summed E-state index contributed by atoms with van der Waals surface area (Å²) in [7, 11) is 0. The number of likely N-dealkylation sites (tertiary alicyclic amines) is 1. The topological polar surface area (TPSA) is 127 Å². The molecule has 0 saturated carbocycles. The Labute approximate surface area is 212 Å². The number of rotatable bonds is 6. The van der Waals surface area contributed by atoms with Crippen LogP contribution >= 0.6 is 0 Å². The number of benzene rings is 2. The van der Waals surface area contributed by atoms with Gasteiger partial charge in [0.2, 0.25) is 11.7 Å². The lowest BCUT2D eigenvalue weighted by molar-refractivity contribution is -0.160. The number of amides is 1. The molecule has 1 aliphatic rings. The van der Waals surface area contributed by atoms with Gasteiger partial charge < -0.3 is 19.4 Å². The van der Waals surface area contributed by atoms with Gasteiger partial charge in [0.05, 0.1) is 17.6 Å². The molecule has 0 radical (unpaired) electrons. The van der Waals surface area contributed by atoms with Gasteiger partial charge in [-0.1, -0.05) is 12.1 Å². The number of carbonyl (C=O) groups is 3. The zero-order valence-electron chi connectivity index (χ0n) is 20.2. The van der Waals surface area contributed by atoms with Crippen molar-refractivity contribution >= 4 is 28.7 Å². The number of ether oxygens (including phenoxy) is 2. The molecular weight excluding hydrogens is 474 g/mol. The van der Waals surface area contributed by atoms with E-state index in [2.05, 4.69) is 19.9 Å². The lowest BCUT2D eigenvalue weighted by Gasteiger charge is -2.31. The number of hydrogen-bond acceptors (Lipinski definition) is 8. The van der Waals surface area contributed by atoms with Crippen LogP contribution in [-0.4, -0.2) is 62.2 Å². The standard InChI is InChI=1S/C27H25N5O5/c1-2-36-27(35)26(34)32-15-11-17(12-16-32)22-25(29-14-13-28-22)37-19-9-7-18(8-10-19)23(33)24-30-20-5-3-4-6-21(20)31-24/h3-10,13-14,17H,2,11-12,15-16H2,1H3,(H,30,31). The Bertz CT molecular complexity index is 1410. The van der Waals surface area contributed by atoms with Crippen molar-refractivity contribution in [1.82, 2.24) is 24.8 Å². The number of fused-ring (bicyclic) bond motifs is 1. The summed E-state index contributed by atoms with van der Waals surface area (Å²) in [6.45, 7) is 2.66. The second-order valence-corrected chi connectivity index (χ2v) is 8.59. The van der Waals surface area contributed by atoms with Crippen LogP contribution in [-0.2, 0) is 14.3 Å². The molecule has 1 amide bonds. The van der Waals surface area contributed by atoms with Crippen molar-refractivity contribution in [3.05, 3.63) is 78.0 Å². The van der Waals surface area contributed by atoms with Gasteiger partial charge in [0.25, 0.3) is 0 Å². The average molecular weight is 500 g/mol. The van der Waals surface area contributed by atoms with Gasteiger partial charge >= 0.3 is 11.9 Å². The summed E-state index contributed by atoms with van der Waals surface area (Å²) in [5.41, 5.74) is 2.70. The summed E-state index contributed by atoms with van der Waals surface area (Å²) < 4.78 is 10.8. The maximum Gasteiger partial charge on any atom is 0.397 e. The van der Waals surface area contributed by atoms with E-state index in [1.54, 1.807) is 43.6 Å². The van der Waals surface area contributed by atoms with Gasteiger partial charge in [-0.2, -0.15) is 0 Å². The normalized spacial score (nSPS) is 13.9. The largest absolute Gasteiger partial charge is 0.459 e. The van der Waals surface area contributed by atoms with Gasteiger partial charge in [-0.15, -0.1) is 0 Å². The third-order valence-electron chi connectivity index (χ3n) is 6.25. The Morgan fingerprint density at radius 2 is 1.73 bits per heavy atom. The molecule has 3 heterocycles. The molecule has 4 aromatic rings. The third kappa shape index (κ3) is 5.18. The van der Waals surface area contributed by atoms with E-state index >= 15 is 0 Å². The maximum absolute atomic E-state index is 12.9. The van der Waals surface area contributed by atoms with Gasteiger partial charge in [0, 0.05) is 37.0 Å². The third-order valence-corrected chi connectivity index (χ3v) is 6.25. The quantitative estimate of drug-likeness (QED) is 0.242. The monoisotopic (exact) mass is 499 g/mol. The molecule has 2 aromatic carbocycles. The zero-order valence-corrected chi connectivity index (χ0v) is 20.2. The van der Waals surface area contributed by atoms with Crippen molar-refractivity contribution in [3.63, 3.8) is 0 Å².